The van der Waals surface area contributed by atoms with Crippen molar-refractivity contribution < 1.29 is 19.0 Å². The monoisotopic (exact) mass is 483 g/mol. The highest BCUT2D eigenvalue weighted by Crippen LogP contribution is 2.25. The van der Waals surface area contributed by atoms with Crippen molar-refractivity contribution in [3.05, 3.63) is 106 Å². The molecule has 8 nitrogen and oxygen atoms in total. The first-order valence-corrected chi connectivity index (χ1v) is 11.1. The molecule has 0 aliphatic rings. The standard InChI is InChI=1S/C28H25N3O5/c1-18(19-5-11-22(34-2)12-6-19)30-31-17-25(27(32)21-9-15-24(36-4)16-10-21)26(29-28(31)33)20-7-13-23(35-3)14-8-20/h5-17H,1-4H3/b30-18+. The molecule has 1 aromatic heterocycles. The summed E-state index contributed by atoms with van der Waals surface area (Å²) in [6.07, 6.45) is 1.43. The smallest absolute Gasteiger partial charge is 0.368 e. The van der Waals surface area contributed by atoms with Crippen molar-refractivity contribution in [3.8, 4) is 28.5 Å². The zero-order valence-corrected chi connectivity index (χ0v) is 20.4. The highest BCUT2D eigenvalue weighted by molar-refractivity contribution is 6.12. The fraction of sp³-hybridized carbons (Fsp3) is 0.143. The van der Waals surface area contributed by atoms with E-state index in [0.29, 0.717) is 34.1 Å². The molecular formula is C28H25N3O5. The first kappa shape index (κ1) is 24.4. The van der Waals surface area contributed by atoms with Crippen LogP contribution in [-0.2, 0) is 0 Å². The van der Waals surface area contributed by atoms with Crippen LogP contribution in [0.2, 0.25) is 0 Å². The molecule has 0 unspecified atom stereocenters. The molecular weight excluding hydrogens is 458 g/mol. The molecule has 0 N–H and O–H groups in total. The van der Waals surface area contributed by atoms with E-state index >= 15 is 0 Å². The summed E-state index contributed by atoms with van der Waals surface area (Å²) in [6.45, 7) is 1.77. The number of benzene rings is 3. The predicted molar refractivity (Wildman–Crippen MR) is 138 cm³/mol. The molecule has 4 rings (SSSR count). The molecule has 4 aromatic rings. The number of hydrogen-bond acceptors (Lipinski definition) is 7. The summed E-state index contributed by atoms with van der Waals surface area (Å²) >= 11 is 0. The van der Waals surface area contributed by atoms with Gasteiger partial charge in [-0.1, -0.05) is 0 Å². The molecule has 0 fully saturated rings. The van der Waals surface area contributed by atoms with Crippen molar-refractivity contribution in [1.29, 1.82) is 0 Å². The Bertz CT molecular complexity index is 1460. The largest absolute Gasteiger partial charge is 0.497 e. The first-order chi connectivity index (χ1) is 17.4. The van der Waals surface area contributed by atoms with Gasteiger partial charge in [0.05, 0.1) is 38.3 Å². The van der Waals surface area contributed by atoms with E-state index in [0.717, 1.165) is 10.2 Å². The van der Waals surface area contributed by atoms with E-state index in [1.165, 1.54) is 6.20 Å². The molecule has 0 atom stereocenters. The minimum atomic E-state index is -0.611. The molecule has 182 valence electrons. The van der Waals surface area contributed by atoms with Crippen LogP contribution in [0.1, 0.15) is 28.4 Å². The summed E-state index contributed by atoms with van der Waals surface area (Å²) in [5, 5.41) is 4.44. The maximum absolute atomic E-state index is 13.6. The number of aromatic nitrogens is 2. The normalized spacial score (nSPS) is 11.2. The molecule has 0 aliphatic carbocycles. The first-order valence-electron chi connectivity index (χ1n) is 11.1. The van der Waals surface area contributed by atoms with Gasteiger partial charge in [-0.3, -0.25) is 4.79 Å². The van der Waals surface area contributed by atoms with Gasteiger partial charge in [-0.2, -0.15) is 14.8 Å². The minimum Gasteiger partial charge on any atom is -0.497 e. The third-order valence-electron chi connectivity index (χ3n) is 5.64. The summed E-state index contributed by atoms with van der Waals surface area (Å²) in [4.78, 5) is 30.8. The van der Waals surface area contributed by atoms with Crippen molar-refractivity contribution >= 4 is 11.5 Å². The number of nitrogens with zero attached hydrogens (tertiary/aromatic N) is 3. The lowest BCUT2D eigenvalue weighted by atomic mass is 9.99. The highest BCUT2D eigenvalue weighted by atomic mass is 16.5. The second-order valence-corrected chi connectivity index (χ2v) is 7.83. The minimum absolute atomic E-state index is 0.233. The fourth-order valence-electron chi connectivity index (χ4n) is 3.60. The van der Waals surface area contributed by atoms with Gasteiger partial charge in [-0.25, -0.2) is 4.79 Å². The Hall–Kier alpha value is -4.72. The van der Waals surface area contributed by atoms with Crippen LogP contribution < -0.4 is 19.9 Å². The topological polar surface area (TPSA) is 92.0 Å². The Kier molecular flexibility index (Phi) is 7.25. The van der Waals surface area contributed by atoms with Gasteiger partial charge in [0.25, 0.3) is 0 Å². The number of hydrogen-bond donors (Lipinski definition) is 0. The van der Waals surface area contributed by atoms with Crippen LogP contribution in [0.3, 0.4) is 0 Å². The third kappa shape index (κ3) is 5.17. The van der Waals surface area contributed by atoms with Crippen molar-refractivity contribution in [2.75, 3.05) is 21.3 Å². The van der Waals surface area contributed by atoms with Crippen LogP contribution >= 0.6 is 0 Å². The van der Waals surface area contributed by atoms with Crippen LogP contribution in [0.4, 0.5) is 0 Å². The average molecular weight is 484 g/mol. The van der Waals surface area contributed by atoms with Gasteiger partial charge in [0.1, 0.15) is 17.2 Å². The maximum Gasteiger partial charge on any atom is 0.368 e. The Labute approximate surface area is 208 Å². The Morgan fingerprint density at radius 2 is 1.22 bits per heavy atom. The molecule has 0 radical (unpaired) electrons. The maximum atomic E-state index is 13.6. The summed E-state index contributed by atoms with van der Waals surface area (Å²) in [6, 6.07) is 21.0. The molecule has 0 saturated carbocycles. The van der Waals surface area contributed by atoms with Gasteiger partial charge >= 0.3 is 5.69 Å². The lowest BCUT2D eigenvalue weighted by Gasteiger charge is -2.11. The second-order valence-electron chi connectivity index (χ2n) is 7.83. The van der Waals surface area contributed by atoms with Gasteiger partial charge in [0.2, 0.25) is 0 Å². The fourth-order valence-corrected chi connectivity index (χ4v) is 3.60. The van der Waals surface area contributed by atoms with E-state index in [1.54, 1.807) is 88.9 Å². The van der Waals surface area contributed by atoms with Crippen LogP contribution in [0.25, 0.3) is 11.3 Å². The number of rotatable bonds is 8. The van der Waals surface area contributed by atoms with E-state index in [-0.39, 0.29) is 17.0 Å². The van der Waals surface area contributed by atoms with Gasteiger partial charge in [-0.05, 0) is 85.3 Å². The van der Waals surface area contributed by atoms with Gasteiger partial charge in [0, 0.05) is 17.3 Å². The summed E-state index contributed by atoms with van der Waals surface area (Å²) in [5.74, 6) is 1.68. The molecule has 0 bridgehead atoms. The molecule has 0 amide bonds. The lowest BCUT2D eigenvalue weighted by molar-refractivity contribution is 0.103. The molecule has 36 heavy (non-hydrogen) atoms. The zero-order chi connectivity index (χ0) is 25.7. The van der Waals surface area contributed by atoms with E-state index in [4.69, 9.17) is 14.2 Å². The Morgan fingerprint density at radius 1 is 0.750 bits per heavy atom. The van der Waals surface area contributed by atoms with E-state index in [9.17, 15) is 9.59 Å². The lowest BCUT2D eigenvalue weighted by Crippen LogP contribution is -2.24. The number of ketones is 1. The van der Waals surface area contributed by atoms with Crippen molar-refractivity contribution in [3.63, 3.8) is 0 Å². The van der Waals surface area contributed by atoms with E-state index in [1.807, 2.05) is 12.1 Å². The molecule has 0 saturated heterocycles. The molecule has 0 spiro atoms. The van der Waals surface area contributed by atoms with Crippen LogP contribution in [0, 0.1) is 0 Å². The summed E-state index contributed by atoms with van der Waals surface area (Å²) in [7, 11) is 4.71. The number of methoxy groups -OCH3 is 3. The van der Waals surface area contributed by atoms with E-state index in [2.05, 4.69) is 10.1 Å². The molecule has 0 aliphatic heterocycles. The molecule has 1 heterocycles. The predicted octanol–water partition coefficient (Wildman–Crippen LogP) is 4.44. The third-order valence-corrected chi connectivity index (χ3v) is 5.64. The summed E-state index contributed by atoms with van der Waals surface area (Å²) < 4.78 is 16.7. The van der Waals surface area contributed by atoms with Gasteiger partial charge < -0.3 is 14.2 Å². The van der Waals surface area contributed by atoms with Crippen molar-refractivity contribution in [2.45, 2.75) is 6.92 Å². The number of ether oxygens (including phenoxy) is 3. The Morgan fingerprint density at radius 3 is 1.72 bits per heavy atom. The number of carbonyl (C=O) groups is 1. The van der Waals surface area contributed by atoms with Crippen molar-refractivity contribution in [1.82, 2.24) is 9.66 Å². The SMILES string of the molecule is COc1ccc(C(=O)c2cn(/N=C(\C)c3ccc(OC)cc3)c(=O)nc2-c2ccc(OC)cc2)cc1. The van der Waals surface area contributed by atoms with Gasteiger partial charge in [0.15, 0.2) is 5.78 Å². The molecule has 8 heteroatoms. The van der Waals surface area contributed by atoms with Crippen LogP contribution in [0.15, 0.2) is 88.9 Å². The zero-order valence-electron chi connectivity index (χ0n) is 20.4. The summed E-state index contributed by atoms with van der Waals surface area (Å²) in [5.41, 5.74) is 2.28. The molecule has 3 aromatic carbocycles. The van der Waals surface area contributed by atoms with Gasteiger partial charge in [-0.15, -0.1) is 0 Å². The van der Waals surface area contributed by atoms with Crippen molar-refractivity contribution in [2.24, 2.45) is 5.10 Å². The second kappa shape index (κ2) is 10.7. The highest BCUT2D eigenvalue weighted by Gasteiger charge is 2.19. The van der Waals surface area contributed by atoms with Crippen LogP contribution in [-0.4, -0.2) is 42.5 Å². The quantitative estimate of drug-likeness (QED) is 0.272. The van der Waals surface area contributed by atoms with E-state index < -0.39 is 5.69 Å². The number of carbonyl (C=O) groups excluding carboxylic acids is 1. The average Bonchev–Trinajstić information content (AvgIpc) is 2.93. The Balaban J connectivity index is 1.83. The van der Waals surface area contributed by atoms with Crippen LogP contribution in [0.5, 0.6) is 17.2 Å².